The van der Waals surface area contributed by atoms with Crippen LogP contribution >= 0.6 is 15.9 Å². The maximum atomic E-state index is 12.0. The normalized spacial score (nSPS) is 10.7. The van der Waals surface area contributed by atoms with Crippen LogP contribution in [0.3, 0.4) is 0 Å². The molecule has 0 atom stereocenters. The van der Waals surface area contributed by atoms with Gasteiger partial charge < -0.3 is 5.32 Å². The Morgan fingerprint density at radius 2 is 1.88 bits per heavy atom. The lowest BCUT2D eigenvalue weighted by Gasteiger charge is -2.08. The van der Waals surface area contributed by atoms with Crippen molar-refractivity contribution in [3.63, 3.8) is 0 Å². The molecule has 1 heterocycles. The second kappa shape index (κ2) is 8.06. The molecule has 0 aliphatic heterocycles. The summed E-state index contributed by atoms with van der Waals surface area (Å²) in [6.07, 6.45) is 3.85. The van der Waals surface area contributed by atoms with Crippen molar-refractivity contribution >= 4 is 32.7 Å². The predicted molar refractivity (Wildman–Crippen MR) is 101 cm³/mol. The maximum absolute atomic E-state index is 12.0. The molecule has 2 aromatic carbocycles. The van der Waals surface area contributed by atoms with Gasteiger partial charge in [-0.3, -0.25) is 9.78 Å². The first-order chi connectivity index (χ1) is 11.7. The fraction of sp³-hybridized carbons (Fsp3) is 0.200. The van der Waals surface area contributed by atoms with E-state index in [2.05, 4.69) is 50.5 Å². The number of nitrogens with zero attached hydrogens (tertiary/aromatic N) is 1. The highest BCUT2D eigenvalue weighted by Gasteiger charge is 2.05. The number of rotatable bonds is 6. The minimum atomic E-state index is 0.0863. The second-order valence-corrected chi connectivity index (χ2v) is 6.64. The predicted octanol–water partition coefficient (Wildman–Crippen LogP) is 4.29. The highest BCUT2D eigenvalue weighted by atomic mass is 79.9. The van der Waals surface area contributed by atoms with Gasteiger partial charge in [0.15, 0.2) is 0 Å². The van der Waals surface area contributed by atoms with E-state index in [9.17, 15) is 4.79 Å². The van der Waals surface area contributed by atoms with E-state index in [0.29, 0.717) is 13.0 Å². The van der Waals surface area contributed by atoms with Crippen molar-refractivity contribution in [3.8, 4) is 0 Å². The summed E-state index contributed by atoms with van der Waals surface area (Å²) < 4.78 is 1.05. The zero-order valence-electron chi connectivity index (χ0n) is 13.3. The van der Waals surface area contributed by atoms with Gasteiger partial charge in [-0.15, -0.1) is 0 Å². The molecule has 0 saturated carbocycles. The van der Waals surface area contributed by atoms with Crippen LogP contribution in [-0.2, 0) is 17.6 Å². The van der Waals surface area contributed by atoms with E-state index in [0.717, 1.165) is 33.8 Å². The highest BCUT2D eigenvalue weighted by Crippen LogP contribution is 2.16. The van der Waals surface area contributed by atoms with Crippen molar-refractivity contribution in [2.24, 2.45) is 0 Å². The van der Waals surface area contributed by atoms with Gasteiger partial charge in [-0.1, -0.05) is 52.3 Å². The minimum absolute atomic E-state index is 0.0863. The maximum Gasteiger partial charge on any atom is 0.220 e. The first-order valence-electron chi connectivity index (χ1n) is 8.06. The molecule has 3 nitrogen and oxygen atoms in total. The van der Waals surface area contributed by atoms with Crippen molar-refractivity contribution in [1.29, 1.82) is 0 Å². The average Bonchev–Trinajstić information content (AvgIpc) is 2.60. The SMILES string of the molecule is O=C(CCc1cccc(Br)c1)NCCc1cccc2cccnc12. The lowest BCUT2D eigenvalue weighted by molar-refractivity contribution is -0.121. The number of benzene rings is 2. The Labute approximate surface area is 150 Å². The zero-order valence-corrected chi connectivity index (χ0v) is 14.9. The second-order valence-electron chi connectivity index (χ2n) is 5.72. The fourth-order valence-electron chi connectivity index (χ4n) is 2.74. The first-order valence-corrected chi connectivity index (χ1v) is 8.85. The number of amides is 1. The molecule has 0 spiro atoms. The van der Waals surface area contributed by atoms with Gasteiger partial charge in [0.05, 0.1) is 5.52 Å². The Morgan fingerprint density at radius 1 is 1.04 bits per heavy atom. The number of carbonyl (C=O) groups is 1. The number of halogens is 1. The van der Waals surface area contributed by atoms with Crippen LogP contribution in [0, 0.1) is 0 Å². The molecule has 1 amide bonds. The number of fused-ring (bicyclic) bond motifs is 1. The summed E-state index contributed by atoms with van der Waals surface area (Å²) in [4.78, 5) is 16.5. The third kappa shape index (κ3) is 4.42. The van der Waals surface area contributed by atoms with Gasteiger partial charge in [0.1, 0.15) is 0 Å². The molecule has 1 aromatic heterocycles. The van der Waals surface area contributed by atoms with Crippen molar-refractivity contribution in [3.05, 3.63) is 76.4 Å². The number of aromatic nitrogens is 1. The number of aryl methyl sites for hydroxylation is 1. The molecule has 0 bridgehead atoms. The average molecular weight is 383 g/mol. The molecular weight excluding hydrogens is 364 g/mol. The summed E-state index contributed by atoms with van der Waals surface area (Å²) in [5.41, 5.74) is 3.35. The number of carbonyl (C=O) groups excluding carboxylic acids is 1. The van der Waals surface area contributed by atoms with E-state index in [1.165, 1.54) is 5.56 Å². The minimum Gasteiger partial charge on any atom is -0.356 e. The Balaban J connectivity index is 1.50. The quantitative estimate of drug-likeness (QED) is 0.690. The number of hydrogen-bond donors (Lipinski definition) is 1. The third-order valence-electron chi connectivity index (χ3n) is 3.96. The molecular formula is C20H19BrN2O. The Morgan fingerprint density at radius 3 is 2.75 bits per heavy atom. The molecule has 1 N–H and O–H groups in total. The Hall–Kier alpha value is -2.20. The topological polar surface area (TPSA) is 42.0 Å². The summed E-state index contributed by atoms with van der Waals surface area (Å²) >= 11 is 3.45. The lowest BCUT2D eigenvalue weighted by atomic mass is 10.1. The zero-order chi connectivity index (χ0) is 16.8. The van der Waals surface area contributed by atoms with Crippen LogP contribution in [-0.4, -0.2) is 17.4 Å². The van der Waals surface area contributed by atoms with Gasteiger partial charge >= 0.3 is 0 Å². The molecule has 0 fully saturated rings. The number of pyridine rings is 1. The molecule has 3 aromatic rings. The van der Waals surface area contributed by atoms with E-state index in [1.807, 2.05) is 36.5 Å². The highest BCUT2D eigenvalue weighted by molar-refractivity contribution is 9.10. The number of hydrogen-bond acceptors (Lipinski definition) is 2. The van der Waals surface area contributed by atoms with Crippen LogP contribution in [0.25, 0.3) is 10.9 Å². The van der Waals surface area contributed by atoms with Crippen LogP contribution in [0.15, 0.2) is 65.3 Å². The summed E-state index contributed by atoms with van der Waals surface area (Å²) in [5, 5.41) is 4.14. The van der Waals surface area contributed by atoms with E-state index in [-0.39, 0.29) is 5.91 Å². The molecule has 0 aliphatic carbocycles. The van der Waals surface area contributed by atoms with Gasteiger partial charge in [0.2, 0.25) is 5.91 Å². The number of para-hydroxylation sites is 1. The Kier molecular flexibility index (Phi) is 5.59. The molecule has 0 aliphatic rings. The monoisotopic (exact) mass is 382 g/mol. The smallest absolute Gasteiger partial charge is 0.220 e. The van der Waals surface area contributed by atoms with Gasteiger partial charge in [0.25, 0.3) is 0 Å². The molecule has 24 heavy (non-hydrogen) atoms. The largest absolute Gasteiger partial charge is 0.356 e. The van der Waals surface area contributed by atoms with E-state index < -0.39 is 0 Å². The van der Waals surface area contributed by atoms with Crippen LogP contribution in [0.2, 0.25) is 0 Å². The van der Waals surface area contributed by atoms with Crippen LogP contribution < -0.4 is 5.32 Å². The standard InChI is InChI=1S/C20H19BrN2O/c21-18-8-1-4-15(14-18)9-10-19(24)22-13-11-17-6-2-5-16-7-3-12-23-20(16)17/h1-8,12,14H,9-11,13H2,(H,22,24). The fourth-order valence-corrected chi connectivity index (χ4v) is 3.19. The molecule has 0 radical (unpaired) electrons. The van der Waals surface area contributed by atoms with Crippen LogP contribution in [0.4, 0.5) is 0 Å². The first kappa shape index (κ1) is 16.7. The van der Waals surface area contributed by atoms with Crippen molar-refractivity contribution in [1.82, 2.24) is 10.3 Å². The van der Waals surface area contributed by atoms with Crippen molar-refractivity contribution < 1.29 is 4.79 Å². The summed E-state index contributed by atoms with van der Waals surface area (Å²) in [6, 6.07) is 18.2. The van der Waals surface area contributed by atoms with E-state index >= 15 is 0 Å². The van der Waals surface area contributed by atoms with Crippen molar-refractivity contribution in [2.45, 2.75) is 19.3 Å². The third-order valence-corrected chi connectivity index (χ3v) is 4.46. The molecule has 0 saturated heterocycles. The summed E-state index contributed by atoms with van der Waals surface area (Å²) in [5.74, 6) is 0.0863. The molecule has 0 unspecified atom stereocenters. The van der Waals surface area contributed by atoms with Crippen LogP contribution in [0.1, 0.15) is 17.5 Å². The van der Waals surface area contributed by atoms with Gasteiger partial charge in [0, 0.05) is 29.0 Å². The molecule has 122 valence electrons. The summed E-state index contributed by atoms with van der Waals surface area (Å²) in [6.45, 7) is 0.632. The Bertz CT molecular complexity index is 842. The van der Waals surface area contributed by atoms with E-state index in [1.54, 1.807) is 0 Å². The lowest BCUT2D eigenvalue weighted by Crippen LogP contribution is -2.25. The molecule has 3 rings (SSSR count). The van der Waals surface area contributed by atoms with E-state index in [4.69, 9.17) is 0 Å². The van der Waals surface area contributed by atoms with Crippen molar-refractivity contribution in [2.75, 3.05) is 6.54 Å². The van der Waals surface area contributed by atoms with Gasteiger partial charge in [-0.05, 0) is 42.2 Å². The van der Waals surface area contributed by atoms with Gasteiger partial charge in [-0.25, -0.2) is 0 Å². The summed E-state index contributed by atoms with van der Waals surface area (Å²) in [7, 11) is 0. The molecule has 4 heteroatoms. The number of nitrogens with one attached hydrogen (secondary N) is 1. The van der Waals surface area contributed by atoms with Gasteiger partial charge in [-0.2, -0.15) is 0 Å². The van der Waals surface area contributed by atoms with Crippen LogP contribution in [0.5, 0.6) is 0 Å².